The lowest BCUT2D eigenvalue weighted by atomic mass is 10.1. The maximum Gasteiger partial charge on any atom is 0.224 e. The summed E-state index contributed by atoms with van der Waals surface area (Å²) in [6.07, 6.45) is 3.93. The Hall–Kier alpha value is -0.280. The quantitative estimate of drug-likeness (QED) is 0.751. The Morgan fingerprint density at radius 3 is 2.50 bits per heavy atom. The number of carbonyl (C=O) groups excluding carboxylic acids is 1. The van der Waals surface area contributed by atoms with Crippen molar-refractivity contribution >= 4 is 17.5 Å². The summed E-state index contributed by atoms with van der Waals surface area (Å²) in [5.41, 5.74) is 0. The Bertz CT molecular complexity index is 217. The molecule has 0 aromatic heterocycles. The minimum atomic E-state index is -0.0922. The first-order valence-corrected chi connectivity index (χ1v) is 6.75. The average molecular weight is 247 g/mol. The Morgan fingerprint density at radius 1 is 1.31 bits per heavy atom. The van der Waals surface area contributed by atoms with Crippen molar-refractivity contribution in [3.05, 3.63) is 0 Å². The number of alkyl halides is 1. The molecule has 1 heterocycles. The number of likely N-dealkylation sites (tertiary alicyclic amines) is 1. The minimum absolute atomic E-state index is 0.0690. The van der Waals surface area contributed by atoms with Crippen LogP contribution in [0.5, 0.6) is 0 Å². The summed E-state index contributed by atoms with van der Waals surface area (Å²) in [6.45, 7) is 7.22. The molecule has 3 nitrogen and oxygen atoms in total. The van der Waals surface area contributed by atoms with Crippen LogP contribution in [0.3, 0.4) is 0 Å². The van der Waals surface area contributed by atoms with E-state index in [1.165, 1.54) is 32.4 Å². The van der Waals surface area contributed by atoms with Crippen LogP contribution in [0.25, 0.3) is 0 Å². The van der Waals surface area contributed by atoms with Crippen molar-refractivity contribution in [2.24, 2.45) is 5.92 Å². The molecule has 1 aliphatic rings. The third kappa shape index (κ3) is 4.71. The first kappa shape index (κ1) is 13.8. The van der Waals surface area contributed by atoms with E-state index in [4.69, 9.17) is 11.6 Å². The summed E-state index contributed by atoms with van der Waals surface area (Å²) >= 11 is 5.65. The van der Waals surface area contributed by atoms with Gasteiger partial charge in [0.05, 0.1) is 0 Å². The van der Waals surface area contributed by atoms with E-state index < -0.39 is 0 Å². The molecule has 0 bridgehead atoms. The van der Waals surface area contributed by atoms with E-state index in [0.717, 1.165) is 6.54 Å². The number of nitrogens with zero attached hydrogens (tertiary/aromatic N) is 1. The molecule has 1 N–H and O–H groups in total. The number of piperidine rings is 1. The summed E-state index contributed by atoms with van der Waals surface area (Å²) < 4.78 is 0. The van der Waals surface area contributed by atoms with E-state index in [1.54, 1.807) is 0 Å². The highest BCUT2D eigenvalue weighted by molar-refractivity contribution is 6.19. The second-order valence-corrected chi connectivity index (χ2v) is 5.13. The van der Waals surface area contributed by atoms with Gasteiger partial charge in [0.2, 0.25) is 5.91 Å². The van der Waals surface area contributed by atoms with Crippen LogP contribution >= 0.6 is 11.6 Å². The Balaban J connectivity index is 2.23. The highest BCUT2D eigenvalue weighted by atomic mass is 35.5. The zero-order valence-electron chi connectivity index (χ0n) is 10.3. The van der Waals surface area contributed by atoms with Gasteiger partial charge in [-0.2, -0.15) is 0 Å². The predicted molar refractivity (Wildman–Crippen MR) is 67.8 cm³/mol. The van der Waals surface area contributed by atoms with Gasteiger partial charge in [0, 0.05) is 24.4 Å². The van der Waals surface area contributed by atoms with Gasteiger partial charge in [-0.1, -0.05) is 13.3 Å². The molecule has 2 atom stereocenters. The zero-order valence-corrected chi connectivity index (χ0v) is 11.1. The molecule has 1 rings (SSSR count). The van der Waals surface area contributed by atoms with Crippen molar-refractivity contribution in [2.45, 2.75) is 39.2 Å². The third-order valence-corrected chi connectivity index (χ3v) is 3.51. The van der Waals surface area contributed by atoms with E-state index in [0.29, 0.717) is 5.88 Å². The van der Waals surface area contributed by atoms with Crippen LogP contribution < -0.4 is 5.32 Å². The van der Waals surface area contributed by atoms with Crippen LogP contribution in [0.2, 0.25) is 0 Å². The summed E-state index contributed by atoms with van der Waals surface area (Å²) in [5.74, 6) is 0.368. The summed E-state index contributed by atoms with van der Waals surface area (Å²) in [7, 11) is 0. The third-order valence-electron chi connectivity index (χ3n) is 3.05. The van der Waals surface area contributed by atoms with Crippen molar-refractivity contribution in [1.29, 1.82) is 0 Å². The van der Waals surface area contributed by atoms with Crippen molar-refractivity contribution in [3.8, 4) is 0 Å². The highest BCUT2D eigenvalue weighted by Crippen LogP contribution is 2.09. The molecule has 0 aromatic carbocycles. The van der Waals surface area contributed by atoms with E-state index in [9.17, 15) is 4.79 Å². The molecule has 1 saturated heterocycles. The fraction of sp³-hybridized carbons (Fsp3) is 0.917. The molecule has 0 aromatic rings. The van der Waals surface area contributed by atoms with Gasteiger partial charge in [-0.25, -0.2) is 0 Å². The molecule has 1 aliphatic heterocycles. The topological polar surface area (TPSA) is 32.3 Å². The van der Waals surface area contributed by atoms with Gasteiger partial charge in [-0.15, -0.1) is 11.6 Å². The first-order valence-electron chi connectivity index (χ1n) is 6.22. The highest BCUT2D eigenvalue weighted by Gasteiger charge is 2.17. The lowest BCUT2D eigenvalue weighted by molar-refractivity contribution is -0.124. The summed E-state index contributed by atoms with van der Waals surface area (Å²) in [6, 6.07) is 0.219. The molecule has 2 unspecified atom stereocenters. The number of amides is 1. The standard InChI is InChI=1S/C12H23ClN2O/c1-10(8-13)12(16)14-11(2)9-15-6-4-3-5-7-15/h10-11H,3-9H2,1-2H3,(H,14,16). The van der Waals surface area contributed by atoms with Gasteiger partial charge in [-0.05, 0) is 32.9 Å². The van der Waals surface area contributed by atoms with E-state index in [2.05, 4.69) is 17.1 Å². The van der Waals surface area contributed by atoms with Crippen LogP contribution in [0.1, 0.15) is 33.1 Å². The van der Waals surface area contributed by atoms with Crippen molar-refractivity contribution in [1.82, 2.24) is 10.2 Å². The molecule has 94 valence electrons. The molecule has 4 heteroatoms. The molecular formula is C12H23ClN2O. The molecule has 0 radical (unpaired) electrons. The normalized spacial score (nSPS) is 21.4. The van der Waals surface area contributed by atoms with Gasteiger partial charge in [0.1, 0.15) is 0 Å². The fourth-order valence-electron chi connectivity index (χ4n) is 2.03. The smallest absolute Gasteiger partial charge is 0.224 e. The van der Waals surface area contributed by atoms with Gasteiger partial charge < -0.3 is 10.2 Å². The maximum absolute atomic E-state index is 11.6. The number of nitrogens with one attached hydrogen (secondary N) is 1. The molecule has 0 aliphatic carbocycles. The zero-order chi connectivity index (χ0) is 12.0. The fourth-order valence-corrected chi connectivity index (χ4v) is 2.17. The van der Waals surface area contributed by atoms with E-state index >= 15 is 0 Å². The maximum atomic E-state index is 11.6. The summed E-state index contributed by atoms with van der Waals surface area (Å²) in [4.78, 5) is 14.0. The minimum Gasteiger partial charge on any atom is -0.352 e. The van der Waals surface area contributed by atoms with Gasteiger partial charge in [0.15, 0.2) is 0 Å². The lowest BCUT2D eigenvalue weighted by Crippen LogP contribution is -2.45. The largest absolute Gasteiger partial charge is 0.352 e. The molecule has 0 spiro atoms. The number of rotatable bonds is 5. The number of carbonyl (C=O) groups is 1. The second-order valence-electron chi connectivity index (χ2n) is 4.83. The SMILES string of the molecule is CC(CN1CCCCC1)NC(=O)C(C)CCl. The van der Waals surface area contributed by atoms with Gasteiger partial charge in [-0.3, -0.25) is 4.79 Å². The number of halogens is 1. The van der Waals surface area contributed by atoms with Crippen LogP contribution in [0.15, 0.2) is 0 Å². The lowest BCUT2D eigenvalue weighted by Gasteiger charge is -2.29. The predicted octanol–water partition coefficient (Wildman–Crippen LogP) is 1.85. The molecule has 0 saturated carbocycles. The Morgan fingerprint density at radius 2 is 1.94 bits per heavy atom. The van der Waals surface area contributed by atoms with Crippen molar-refractivity contribution in [3.63, 3.8) is 0 Å². The Labute approximate surface area is 104 Å². The van der Waals surface area contributed by atoms with E-state index in [-0.39, 0.29) is 17.9 Å². The summed E-state index contributed by atoms with van der Waals surface area (Å²) in [5, 5.41) is 3.01. The van der Waals surface area contributed by atoms with Gasteiger partial charge in [0.25, 0.3) is 0 Å². The van der Waals surface area contributed by atoms with Crippen LogP contribution in [0.4, 0.5) is 0 Å². The van der Waals surface area contributed by atoms with Crippen LogP contribution in [-0.4, -0.2) is 42.4 Å². The molecule has 1 amide bonds. The van der Waals surface area contributed by atoms with Crippen molar-refractivity contribution in [2.75, 3.05) is 25.5 Å². The molecular weight excluding hydrogens is 224 g/mol. The first-order chi connectivity index (χ1) is 7.63. The number of hydrogen-bond donors (Lipinski definition) is 1. The Kier molecular flexibility index (Phi) is 6.14. The van der Waals surface area contributed by atoms with Crippen molar-refractivity contribution < 1.29 is 4.79 Å². The molecule has 1 fully saturated rings. The van der Waals surface area contributed by atoms with Crippen LogP contribution in [-0.2, 0) is 4.79 Å². The monoisotopic (exact) mass is 246 g/mol. The average Bonchev–Trinajstić information content (AvgIpc) is 2.29. The second kappa shape index (κ2) is 7.13. The number of hydrogen-bond acceptors (Lipinski definition) is 2. The van der Waals surface area contributed by atoms with E-state index in [1.807, 2.05) is 6.92 Å². The van der Waals surface area contributed by atoms with Gasteiger partial charge >= 0.3 is 0 Å². The van der Waals surface area contributed by atoms with Crippen LogP contribution in [0, 0.1) is 5.92 Å². The molecule has 16 heavy (non-hydrogen) atoms.